The number of carbonyl (C=O) groups excluding carboxylic acids is 1. The normalized spacial score (nSPS) is 19.1. The van der Waals surface area contributed by atoms with Crippen molar-refractivity contribution in [1.29, 1.82) is 0 Å². The van der Waals surface area contributed by atoms with Crippen LogP contribution in [0.4, 0.5) is 0 Å². The van der Waals surface area contributed by atoms with Gasteiger partial charge in [-0.2, -0.15) is 0 Å². The van der Waals surface area contributed by atoms with Crippen molar-refractivity contribution in [2.24, 2.45) is 11.8 Å². The lowest BCUT2D eigenvalue weighted by molar-refractivity contribution is 0.0623. The van der Waals surface area contributed by atoms with Crippen molar-refractivity contribution in [3.05, 3.63) is 69.6 Å². The number of aryl methyl sites for hydroxylation is 2. The van der Waals surface area contributed by atoms with Crippen molar-refractivity contribution >= 4 is 27.7 Å². The molecule has 2 aromatic carbocycles. The molecular weight excluding hydrogens is 400 g/mol. The zero-order chi connectivity index (χ0) is 22.6. The van der Waals surface area contributed by atoms with Crippen LogP contribution >= 0.6 is 0 Å². The Bertz CT molecular complexity index is 1400. The van der Waals surface area contributed by atoms with E-state index in [-0.39, 0.29) is 11.5 Å². The van der Waals surface area contributed by atoms with E-state index >= 15 is 0 Å². The van der Waals surface area contributed by atoms with E-state index in [0.29, 0.717) is 28.3 Å². The molecule has 6 nitrogen and oxygen atoms in total. The first-order chi connectivity index (χ1) is 15.3. The van der Waals surface area contributed by atoms with Crippen molar-refractivity contribution in [1.82, 2.24) is 19.7 Å². The molecule has 1 fully saturated rings. The molecule has 0 radical (unpaired) electrons. The summed E-state index contributed by atoms with van der Waals surface area (Å²) in [6, 6.07) is 11.5. The van der Waals surface area contributed by atoms with E-state index in [1.807, 2.05) is 55.1 Å². The number of nitrogens with zero attached hydrogens (tertiary/aromatic N) is 3. The molecule has 2 aromatic heterocycles. The van der Waals surface area contributed by atoms with Gasteiger partial charge in [0.2, 0.25) is 0 Å². The number of aromatic nitrogens is 3. The van der Waals surface area contributed by atoms with E-state index < -0.39 is 0 Å². The van der Waals surface area contributed by atoms with E-state index in [9.17, 15) is 9.59 Å². The quantitative estimate of drug-likeness (QED) is 0.507. The first-order valence-electron chi connectivity index (χ1n) is 11.2. The summed E-state index contributed by atoms with van der Waals surface area (Å²) in [6.45, 7) is 10.0. The van der Waals surface area contributed by atoms with Crippen LogP contribution in [0, 0.1) is 25.7 Å². The Kier molecular flexibility index (Phi) is 4.88. The number of nitrogens with one attached hydrogen (secondary N) is 1. The Hall–Kier alpha value is -3.41. The highest BCUT2D eigenvalue weighted by atomic mass is 16.2. The lowest BCUT2D eigenvalue weighted by Crippen LogP contribution is -2.42. The van der Waals surface area contributed by atoms with Crippen LogP contribution in [-0.4, -0.2) is 38.7 Å². The molecule has 0 spiro atoms. The molecule has 4 aromatic rings. The highest BCUT2D eigenvalue weighted by molar-refractivity contribution is 6.06. The number of likely N-dealkylation sites (tertiary alicyclic amines) is 1. The zero-order valence-electron chi connectivity index (χ0n) is 19.0. The summed E-state index contributed by atoms with van der Waals surface area (Å²) in [4.78, 5) is 32.8. The van der Waals surface area contributed by atoms with Gasteiger partial charge < -0.3 is 4.90 Å². The first kappa shape index (κ1) is 20.5. The fraction of sp³-hybridized carbons (Fsp3) is 0.346. The summed E-state index contributed by atoms with van der Waals surface area (Å²) >= 11 is 0. The molecule has 2 atom stereocenters. The summed E-state index contributed by atoms with van der Waals surface area (Å²) < 4.78 is 1.56. The lowest BCUT2D eigenvalue weighted by Gasteiger charge is -2.35. The number of hydrogen-bond donors (Lipinski definition) is 1. The van der Waals surface area contributed by atoms with Gasteiger partial charge in [0, 0.05) is 30.2 Å². The maximum absolute atomic E-state index is 13.3. The standard InChI is InChI=1S/C26H28N4O2/c1-15-9-16(2)14-29(13-15)25(31)19-6-8-23-21(11-19)24-22(12-27-23)26(32)30(28-24)20-7-5-17(3)18(4)10-20/h5-8,10-12,15-16,28H,9,13-14H2,1-4H3/t15-,16-/m1/s1. The molecule has 1 N–H and O–H groups in total. The van der Waals surface area contributed by atoms with Gasteiger partial charge in [-0.25, -0.2) is 4.68 Å². The van der Waals surface area contributed by atoms with Gasteiger partial charge in [0.05, 0.1) is 22.1 Å². The third-order valence-electron chi connectivity index (χ3n) is 6.68. The van der Waals surface area contributed by atoms with Crippen LogP contribution < -0.4 is 5.56 Å². The number of H-pyrrole nitrogens is 1. The predicted octanol–water partition coefficient (Wildman–Crippen LogP) is 4.60. The molecule has 0 unspecified atom stereocenters. The molecule has 32 heavy (non-hydrogen) atoms. The van der Waals surface area contributed by atoms with Gasteiger partial charge in [0.1, 0.15) is 0 Å². The smallest absolute Gasteiger partial charge is 0.280 e. The lowest BCUT2D eigenvalue weighted by atomic mass is 9.91. The molecular formula is C26H28N4O2. The Morgan fingerprint density at radius 1 is 1.00 bits per heavy atom. The van der Waals surface area contributed by atoms with E-state index in [0.717, 1.165) is 41.7 Å². The van der Waals surface area contributed by atoms with E-state index in [1.54, 1.807) is 10.9 Å². The Morgan fingerprint density at radius 3 is 2.47 bits per heavy atom. The fourth-order valence-electron chi connectivity index (χ4n) is 4.95. The van der Waals surface area contributed by atoms with Crippen LogP contribution in [0.5, 0.6) is 0 Å². The van der Waals surface area contributed by atoms with Crippen LogP contribution in [0.1, 0.15) is 41.8 Å². The Labute approximate surface area is 186 Å². The second-order valence-corrected chi connectivity index (χ2v) is 9.46. The third kappa shape index (κ3) is 3.40. The van der Waals surface area contributed by atoms with Crippen LogP contribution in [0.3, 0.4) is 0 Å². The zero-order valence-corrected chi connectivity index (χ0v) is 19.0. The number of piperidine rings is 1. The first-order valence-corrected chi connectivity index (χ1v) is 11.2. The van der Waals surface area contributed by atoms with Crippen molar-refractivity contribution < 1.29 is 4.79 Å². The van der Waals surface area contributed by atoms with Crippen molar-refractivity contribution in [3.63, 3.8) is 0 Å². The molecule has 1 aliphatic heterocycles. The van der Waals surface area contributed by atoms with Crippen molar-refractivity contribution in [3.8, 4) is 5.69 Å². The molecule has 5 rings (SSSR count). The van der Waals surface area contributed by atoms with Crippen LogP contribution in [-0.2, 0) is 0 Å². The molecule has 0 saturated carbocycles. The third-order valence-corrected chi connectivity index (χ3v) is 6.68. The van der Waals surface area contributed by atoms with Crippen LogP contribution in [0.2, 0.25) is 0 Å². The second-order valence-electron chi connectivity index (χ2n) is 9.46. The average molecular weight is 429 g/mol. The predicted molar refractivity (Wildman–Crippen MR) is 128 cm³/mol. The summed E-state index contributed by atoms with van der Waals surface area (Å²) in [5.74, 6) is 1.04. The van der Waals surface area contributed by atoms with Crippen LogP contribution in [0.15, 0.2) is 47.4 Å². The fourth-order valence-corrected chi connectivity index (χ4v) is 4.95. The van der Waals surface area contributed by atoms with Gasteiger partial charge in [-0.3, -0.25) is 19.7 Å². The molecule has 3 heterocycles. The summed E-state index contributed by atoms with van der Waals surface area (Å²) in [7, 11) is 0. The number of amides is 1. The minimum atomic E-state index is -0.145. The summed E-state index contributed by atoms with van der Waals surface area (Å²) in [5.41, 5.74) is 5.02. The largest absolute Gasteiger partial charge is 0.338 e. The number of carbonyl (C=O) groups is 1. The maximum Gasteiger partial charge on any atom is 0.280 e. The average Bonchev–Trinajstić information content (AvgIpc) is 3.11. The number of hydrogen-bond acceptors (Lipinski definition) is 3. The maximum atomic E-state index is 13.3. The number of benzene rings is 2. The van der Waals surface area contributed by atoms with Gasteiger partial charge >= 0.3 is 0 Å². The molecule has 1 saturated heterocycles. The van der Waals surface area contributed by atoms with Crippen molar-refractivity contribution in [2.45, 2.75) is 34.1 Å². The molecule has 0 bridgehead atoms. The summed E-state index contributed by atoms with van der Waals surface area (Å²) in [5, 5.41) is 4.57. The van der Waals surface area contributed by atoms with Gasteiger partial charge in [0.25, 0.3) is 11.5 Å². The number of fused-ring (bicyclic) bond motifs is 3. The van der Waals surface area contributed by atoms with Gasteiger partial charge in [-0.05, 0) is 73.6 Å². The van der Waals surface area contributed by atoms with Gasteiger partial charge in [-0.15, -0.1) is 0 Å². The molecule has 6 heteroatoms. The molecule has 0 aliphatic carbocycles. The van der Waals surface area contributed by atoms with Crippen molar-refractivity contribution in [2.75, 3.05) is 13.1 Å². The number of pyridine rings is 1. The highest BCUT2D eigenvalue weighted by Gasteiger charge is 2.26. The van der Waals surface area contributed by atoms with Gasteiger partial charge in [-0.1, -0.05) is 19.9 Å². The van der Waals surface area contributed by atoms with Gasteiger partial charge in [0.15, 0.2) is 0 Å². The van der Waals surface area contributed by atoms with E-state index in [1.165, 1.54) is 5.56 Å². The molecule has 1 amide bonds. The highest BCUT2D eigenvalue weighted by Crippen LogP contribution is 2.26. The summed E-state index contributed by atoms with van der Waals surface area (Å²) in [6.07, 6.45) is 2.77. The van der Waals surface area contributed by atoms with E-state index in [4.69, 9.17) is 0 Å². The van der Waals surface area contributed by atoms with Crippen LogP contribution in [0.25, 0.3) is 27.5 Å². The minimum Gasteiger partial charge on any atom is -0.338 e. The minimum absolute atomic E-state index is 0.0400. The topological polar surface area (TPSA) is 71.0 Å². The monoisotopic (exact) mass is 428 g/mol. The number of aromatic amines is 1. The SMILES string of the molecule is Cc1ccc(-n2[nH]c3c(cnc4ccc(C(=O)N5C[C@H](C)C[C@@H](C)C5)cc43)c2=O)cc1C. The Morgan fingerprint density at radius 2 is 1.75 bits per heavy atom. The van der Waals surface area contributed by atoms with E-state index in [2.05, 4.69) is 23.9 Å². The molecule has 164 valence electrons. The number of rotatable bonds is 2. The molecule has 1 aliphatic rings. The Balaban J connectivity index is 1.62. The second kappa shape index (κ2) is 7.62.